The molecule has 2 aromatic rings. The molecular weight excluding hydrogens is 208 g/mol. The highest BCUT2D eigenvalue weighted by atomic mass is 32.2. The first-order valence-corrected chi connectivity index (χ1v) is 6.45. The Morgan fingerprint density at radius 2 is 1.50 bits per heavy atom. The molecule has 2 heteroatoms. The monoisotopic (exact) mass is 218 g/mol. The fraction of sp³-hybridized carbons (Fsp3) is 0.167. The summed E-state index contributed by atoms with van der Waals surface area (Å²) in [6, 6.07) is 13.1. The zero-order valence-electron chi connectivity index (χ0n) is 7.86. The van der Waals surface area contributed by atoms with Crippen molar-refractivity contribution in [3.05, 3.63) is 36.4 Å². The SMILES string of the molecule is CC1Sc2cccc3cccc(c23)S1. The van der Waals surface area contributed by atoms with E-state index in [0.717, 1.165) is 0 Å². The van der Waals surface area contributed by atoms with E-state index in [1.54, 1.807) is 0 Å². The minimum Gasteiger partial charge on any atom is -0.111 e. The van der Waals surface area contributed by atoms with Gasteiger partial charge in [0.25, 0.3) is 0 Å². The Hall–Kier alpha value is -0.600. The molecule has 0 amide bonds. The average molecular weight is 218 g/mol. The van der Waals surface area contributed by atoms with Gasteiger partial charge in [-0.3, -0.25) is 0 Å². The van der Waals surface area contributed by atoms with Crippen molar-refractivity contribution in [2.75, 3.05) is 0 Å². The van der Waals surface area contributed by atoms with Crippen molar-refractivity contribution in [3.63, 3.8) is 0 Å². The molecule has 0 bridgehead atoms. The summed E-state index contributed by atoms with van der Waals surface area (Å²) in [7, 11) is 0. The Balaban J connectivity index is 2.40. The number of hydrogen-bond donors (Lipinski definition) is 0. The number of benzene rings is 2. The summed E-state index contributed by atoms with van der Waals surface area (Å²) < 4.78 is 0.635. The van der Waals surface area contributed by atoms with Gasteiger partial charge in [0, 0.05) is 15.2 Å². The molecule has 1 aliphatic heterocycles. The number of thioether (sulfide) groups is 2. The molecule has 3 rings (SSSR count). The quantitative estimate of drug-likeness (QED) is 0.643. The van der Waals surface area contributed by atoms with Crippen molar-refractivity contribution in [2.24, 2.45) is 0 Å². The molecule has 0 saturated heterocycles. The summed E-state index contributed by atoms with van der Waals surface area (Å²) in [5.74, 6) is 0. The Morgan fingerprint density at radius 3 is 2.07 bits per heavy atom. The molecule has 70 valence electrons. The van der Waals surface area contributed by atoms with E-state index < -0.39 is 0 Å². The van der Waals surface area contributed by atoms with Crippen LogP contribution in [0.3, 0.4) is 0 Å². The second-order valence-electron chi connectivity index (χ2n) is 3.41. The lowest BCUT2D eigenvalue weighted by molar-refractivity contribution is 1.34. The van der Waals surface area contributed by atoms with Crippen LogP contribution in [0.5, 0.6) is 0 Å². The lowest BCUT2D eigenvalue weighted by atomic mass is 10.1. The molecular formula is C12H10S2. The van der Waals surface area contributed by atoms with Crippen molar-refractivity contribution < 1.29 is 0 Å². The fourth-order valence-electron chi connectivity index (χ4n) is 1.85. The van der Waals surface area contributed by atoms with Crippen LogP contribution < -0.4 is 0 Å². The lowest BCUT2D eigenvalue weighted by Crippen LogP contribution is -1.96. The van der Waals surface area contributed by atoms with Gasteiger partial charge in [0.1, 0.15) is 0 Å². The molecule has 1 aliphatic rings. The van der Waals surface area contributed by atoms with E-state index in [-0.39, 0.29) is 0 Å². The van der Waals surface area contributed by atoms with Gasteiger partial charge in [-0.25, -0.2) is 0 Å². The highest BCUT2D eigenvalue weighted by Gasteiger charge is 2.17. The highest BCUT2D eigenvalue weighted by Crippen LogP contribution is 2.47. The van der Waals surface area contributed by atoms with Crippen molar-refractivity contribution in [2.45, 2.75) is 21.3 Å². The second-order valence-corrected chi connectivity index (χ2v) is 6.48. The predicted octanol–water partition coefficient (Wildman–Crippen LogP) is 4.38. The molecule has 0 aromatic heterocycles. The van der Waals surface area contributed by atoms with Gasteiger partial charge in [-0.05, 0) is 24.4 Å². The number of hydrogen-bond acceptors (Lipinski definition) is 2. The van der Waals surface area contributed by atoms with Gasteiger partial charge in [-0.1, -0.05) is 24.3 Å². The van der Waals surface area contributed by atoms with Crippen LogP contribution in [0.2, 0.25) is 0 Å². The summed E-state index contributed by atoms with van der Waals surface area (Å²) in [4.78, 5) is 2.87. The van der Waals surface area contributed by atoms with Crippen molar-refractivity contribution in [1.82, 2.24) is 0 Å². The maximum absolute atomic E-state index is 2.27. The van der Waals surface area contributed by atoms with E-state index in [2.05, 4.69) is 43.3 Å². The van der Waals surface area contributed by atoms with Gasteiger partial charge in [-0.15, -0.1) is 23.5 Å². The summed E-state index contributed by atoms with van der Waals surface area (Å²) in [6.07, 6.45) is 0. The molecule has 0 unspecified atom stereocenters. The fourth-order valence-corrected chi connectivity index (χ4v) is 4.45. The van der Waals surface area contributed by atoms with Gasteiger partial charge in [0.15, 0.2) is 0 Å². The largest absolute Gasteiger partial charge is 0.111 e. The van der Waals surface area contributed by atoms with Gasteiger partial charge >= 0.3 is 0 Å². The van der Waals surface area contributed by atoms with E-state index in [0.29, 0.717) is 4.58 Å². The van der Waals surface area contributed by atoms with Crippen molar-refractivity contribution >= 4 is 34.3 Å². The van der Waals surface area contributed by atoms with Crippen LogP contribution in [0.1, 0.15) is 6.92 Å². The standard InChI is InChI=1S/C12H10S2/c1-8-13-10-6-2-4-9-5-3-7-11(14-8)12(9)10/h2-8H,1H3. The maximum Gasteiger partial charge on any atom is 0.0569 e. The van der Waals surface area contributed by atoms with Crippen LogP contribution in [0.15, 0.2) is 46.2 Å². The van der Waals surface area contributed by atoms with Gasteiger partial charge < -0.3 is 0 Å². The molecule has 2 aromatic carbocycles. The van der Waals surface area contributed by atoms with E-state index >= 15 is 0 Å². The van der Waals surface area contributed by atoms with Crippen LogP contribution in [-0.2, 0) is 0 Å². The average Bonchev–Trinajstić information content (AvgIpc) is 2.18. The smallest absolute Gasteiger partial charge is 0.0569 e. The Labute approximate surface area is 92.1 Å². The van der Waals surface area contributed by atoms with Crippen molar-refractivity contribution in [1.29, 1.82) is 0 Å². The van der Waals surface area contributed by atoms with E-state index in [1.165, 1.54) is 20.6 Å². The molecule has 0 radical (unpaired) electrons. The van der Waals surface area contributed by atoms with Crippen LogP contribution in [0.25, 0.3) is 10.8 Å². The highest BCUT2D eigenvalue weighted by molar-refractivity contribution is 8.17. The molecule has 0 saturated carbocycles. The Bertz CT molecular complexity index is 450. The summed E-state index contributed by atoms with van der Waals surface area (Å²) >= 11 is 3.93. The first kappa shape index (κ1) is 8.69. The first-order valence-electron chi connectivity index (χ1n) is 4.70. The predicted molar refractivity (Wildman–Crippen MR) is 65.1 cm³/mol. The summed E-state index contributed by atoms with van der Waals surface area (Å²) in [5.41, 5.74) is 0. The summed E-state index contributed by atoms with van der Waals surface area (Å²) in [5, 5.41) is 2.81. The van der Waals surface area contributed by atoms with E-state index in [4.69, 9.17) is 0 Å². The molecule has 0 atom stereocenters. The van der Waals surface area contributed by atoms with Crippen LogP contribution in [-0.4, -0.2) is 4.58 Å². The van der Waals surface area contributed by atoms with Crippen LogP contribution in [0.4, 0.5) is 0 Å². The zero-order chi connectivity index (χ0) is 9.54. The lowest BCUT2D eigenvalue weighted by Gasteiger charge is -2.20. The molecule has 1 heterocycles. The topological polar surface area (TPSA) is 0 Å². The molecule has 0 spiro atoms. The third-order valence-electron chi connectivity index (χ3n) is 2.41. The first-order chi connectivity index (χ1) is 6.84. The molecule has 0 fully saturated rings. The van der Waals surface area contributed by atoms with Gasteiger partial charge in [0.2, 0.25) is 0 Å². The van der Waals surface area contributed by atoms with Crippen LogP contribution in [0, 0.1) is 0 Å². The van der Waals surface area contributed by atoms with E-state index in [9.17, 15) is 0 Å². The normalized spacial score (nSPS) is 16.1. The van der Waals surface area contributed by atoms with E-state index in [1.807, 2.05) is 23.5 Å². The Kier molecular flexibility index (Phi) is 1.99. The zero-order valence-corrected chi connectivity index (χ0v) is 9.49. The van der Waals surface area contributed by atoms with Crippen molar-refractivity contribution in [3.8, 4) is 0 Å². The number of rotatable bonds is 0. The molecule has 0 aliphatic carbocycles. The van der Waals surface area contributed by atoms with Crippen LogP contribution >= 0.6 is 23.5 Å². The maximum atomic E-state index is 2.27. The van der Waals surface area contributed by atoms with Gasteiger partial charge in [-0.2, -0.15) is 0 Å². The second kappa shape index (κ2) is 3.21. The summed E-state index contributed by atoms with van der Waals surface area (Å²) in [6.45, 7) is 2.27. The molecule has 0 N–H and O–H groups in total. The molecule has 14 heavy (non-hydrogen) atoms. The molecule has 0 nitrogen and oxygen atoms in total. The minimum absolute atomic E-state index is 0.635. The Morgan fingerprint density at radius 1 is 0.929 bits per heavy atom. The third-order valence-corrected chi connectivity index (χ3v) is 4.84. The minimum atomic E-state index is 0.635. The third kappa shape index (κ3) is 1.25. The van der Waals surface area contributed by atoms with Gasteiger partial charge in [0.05, 0.1) is 4.58 Å².